The Morgan fingerprint density at radius 3 is 3.05 bits per heavy atom. The number of benzene rings is 1. The predicted octanol–water partition coefficient (Wildman–Crippen LogP) is 2.81. The number of rotatable bonds is 2. The molecule has 104 valence electrons. The molecule has 5 heteroatoms. The lowest BCUT2D eigenvalue weighted by atomic mass is 9.96. The Balaban J connectivity index is 1.96. The Bertz CT molecular complexity index is 697. The summed E-state index contributed by atoms with van der Waals surface area (Å²) < 4.78 is 6.29. The lowest BCUT2D eigenvalue weighted by molar-refractivity contribution is 0.257. The second-order valence-electron chi connectivity index (χ2n) is 4.89. The van der Waals surface area contributed by atoms with Gasteiger partial charge in [-0.1, -0.05) is 25.1 Å². The van der Waals surface area contributed by atoms with Crippen LogP contribution >= 0.6 is 15.9 Å². The fourth-order valence-corrected chi connectivity index (χ4v) is 2.92. The third-order valence-corrected chi connectivity index (χ3v) is 4.37. The number of nitrogens with one attached hydrogen (secondary N) is 1. The van der Waals surface area contributed by atoms with Crippen molar-refractivity contribution >= 4 is 15.9 Å². The molecular weight excluding hydrogens is 320 g/mol. The third-order valence-electron chi connectivity index (χ3n) is 3.55. The largest absolute Gasteiger partial charge is 0.493 e. The first-order chi connectivity index (χ1) is 9.69. The van der Waals surface area contributed by atoms with Crippen molar-refractivity contribution in [2.75, 3.05) is 6.61 Å². The molecule has 1 unspecified atom stereocenters. The van der Waals surface area contributed by atoms with E-state index in [-0.39, 0.29) is 11.5 Å². The molecule has 0 spiro atoms. The smallest absolute Gasteiger partial charge is 0.265 e. The number of aryl methyl sites for hydroxylation is 1. The Hall–Kier alpha value is -1.62. The van der Waals surface area contributed by atoms with E-state index >= 15 is 0 Å². The molecule has 1 aromatic heterocycles. The van der Waals surface area contributed by atoms with E-state index in [2.05, 4.69) is 32.0 Å². The quantitative estimate of drug-likeness (QED) is 0.918. The molecule has 1 atom stereocenters. The molecule has 20 heavy (non-hydrogen) atoms. The number of fused-ring (bicyclic) bond motifs is 1. The Kier molecular flexibility index (Phi) is 3.61. The summed E-state index contributed by atoms with van der Waals surface area (Å²) in [6.45, 7) is 2.54. The number of H-pyrrole nitrogens is 1. The number of halogens is 1. The van der Waals surface area contributed by atoms with Crippen molar-refractivity contribution in [1.82, 2.24) is 9.97 Å². The molecule has 1 aromatic carbocycles. The van der Waals surface area contributed by atoms with Gasteiger partial charge in [0.2, 0.25) is 0 Å². The minimum Gasteiger partial charge on any atom is -0.493 e. The molecule has 4 nitrogen and oxygen atoms in total. The van der Waals surface area contributed by atoms with Crippen LogP contribution in [0.15, 0.2) is 33.5 Å². The van der Waals surface area contributed by atoms with E-state index in [9.17, 15) is 4.79 Å². The maximum atomic E-state index is 11.9. The molecule has 1 aliphatic rings. The zero-order chi connectivity index (χ0) is 14.1. The number of hydrogen-bond donors (Lipinski definition) is 1. The van der Waals surface area contributed by atoms with E-state index in [0.717, 1.165) is 29.8 Å². The summed E-state index contributed by atoms with van der Waals surface area (Å²) in [5.41, 5.74) is 1.83. The van der Waals surface area contributed by atoms with Gasteiger partial charge in [-0.2, -0.15) is 0 Å². The van der Waals surface area contributed by atoms with Crippen LogP contribution < -0.4 is 10.3 Å². The average Bonchev–Trinajstić information content (AvgIpc) is 2.49. The summed E-state index contributed by atoms with van der Waals surface area (Å²) in [5.74, 6) is 1.74. The SMILES string of the molecule is CCc1nc(C2COc3ccccc3C2)[nH]c(=O)c1Br. The monoisotopic (exact) mass is 334 g/mol. The first-order valence-electron chi connectivity index (χ1n) is 6.68. The highest BCUT2D eigenvalue weighted by molar-refractivity contribution is 9.10. The summed E-state index contributed by atoms with van der Waals surface area (Å²) in [6.07, 6.45) is 1.56. The van der Waals surface area contributed by atoms with Gasteiger partial charge in [-0.15, -0.1) is 0 Å². The first kappa shape index (κ1) is 13.4. The molecule has 0 radical (unpaired) electrons. The summed E-state index contributed by atoms with van der Waals surface area (Å²) >= 11 is 3.29. The average molecular weight is 335 g/mol. The zero-order valence-corrected chi connectivity index (χ0v) is 12.7. The Morgan fingerprint density at radius 2 is 2.25 bits per heavy atom. The lowest BCUT2D eigenvalue weighted by Gasteiger charge is -2.24. The van der Waals surface area contributed by atoms with Crippen molar-refractivity contribution in [3.05, 3.63) is 56.2 Å². The van der Waals surface area contributed by atoms with Crippen LogP contribution in [0.5, 0.6) is 5.75 Å². The summed E-state index contributed by atoms with van der Waals surface area (Å²) in [5, 5.41) is 0. The van der Waals surface area contributed by atoms with Crippen LogP contribution in [0.2, 0.25) is 0 Å². The molecule has 0 fully saturated rings. The highest BCUT2D eigenvalue weighted by Crippen LogP contribution is 2.30. The van der Waals surface area contributed by atoms with Crippen LogP contribution in [-0.2, 0) is 12.8 Å². The molecule has 0 amide bonds. The van der Waals surface area contributed by atoms with Crippen LogP contribution in [0.4, 0.5) is 0 Å². The fourth-order valence-electron chi connectivity index (χ4n) is 2.46. The van der Waals surface area contributed by atoms with Gasteiger partial charge in [0.05, 0.1) is 18.2 Å². The van der Waals surface area contributed by atoms with Gasteiger partial charge >= 0.3 is 0 Å². The maximum Gasteiger partial charge on any atom is 0.265 e. The lowest BCUT2D eigenvalue weighted by Crippen LogP contribution is -2.25. The van der Waals surface area contributed by atoms with Crippen molar-refractivity contribution in [3.8, 4) is 5.75 Å². The molecule has 3 rings (SSSR count). The molecule has 0 saturated heterocycles. The first-order valence-corrected chi connectivity index (χ1v) is 7.47. The summed E-state index contributed by atoms with van der Waals surface area (Å²) in [6, 6.07) is 7.99. The topological polar surface area (TPSA) is 55.0 Å². The van der Waals surface area contributed by atoms with Crippen LogP contribution in [0.25, 0.3) is 0 Å². The van der Waals surface area contributed by atoms with E-state index in [1.165, 1.54) is 0 Å². The number of hydrogen-bond acceptors (Lipinski definition) is 3. The predicted molar refractivity (Wildman–Crippen MR) is 80.3 cm³/mol. The molecule has 2 aromatic rings. The summed E-state index contributed by atoms with van der Waals surface area (Å²) in [7, 11) is 0. The maximum absolute atomic E-state index is 11.9. The van der Waals surface area contributed by atoms with Crippen molar-refractivity contribution in [1.29, 1.82) is 0 Å². The second kappa shape index (κ2) is 5.40. The second-order valence-corrected chi connectivity index (χ2v) is 5.68. The molecule has 0 saturated carbocycles. The van der Waals surface area contributed by atoms with Crippen LogP contribution in [0, 0.1) is 0 Å². The van der Waals surface area contributed by atoms with E-state index in [4.69, 9.17) is 4.74 Å². The van der Waals surface area contributed by atoms with Gasteiger partial charge in [-0.25, -0.2) is 4.98 Å². The highest BCUT2D eigenvalue weighted by Gasteiger charge is 2.24. The molecule has 0 aliphatic carbocycles. The van der Waals surface area contributed by atoms with Crippen molar-refractivity contribution in [3.63, 3.8) is 0 Å². The van der Waals surface area contributed by atoms with Crippen LogP contribution in [0.1, 0.15) is 29.9 Å². The molecule has 0 bridgehead atoms. The van der Waals surface area contributed by atoms with E-state index in [1.807, 2.05) is 25.1 Å². The van der Waals surface area contributed by atoms with Gasteiger partial charge in [0.15, 0.2) is 0 Å². The fraction of sp³-hybridized carbons (Fsp3) is 0.333. The Labute approximate surface area is 125 Å². The van der Waals surface area contributed by atoms with Gasteiger partial charge in [0, 0.05) is 0 Å². The van der Waals surface area contributed by atoms with Crippen LogP contribution in [-0.4, -0.2) is 16.6 Å². The van der Waals surface area contributed by atoms with Crippen molar-refractivity contribution in [2.45, 2.75) is 25.7 Å². The molecule has 1 aliphatic heterocycles. The van der Waals surface area contributed by atoms with Crippen LogP contribution in [0.3, 0.4) is 0 Å². The van der Waals surface area contributed by atoms with Gasteiger partial charge in [-0.05, 0) is 40.4 Å². The number of aromatic amines is 1. The Morgan fingerprint density at radius 1 is 1.45 bits per heavy atom. The number of para-hydroxylation sites is 1. The van der Waals surface area contributed by atoms with Gasteiger partial charge in [-0.3, -0.25) is 4.79 Å². The van der Waals surface area contributed by atoms with Gasteiger partial charge < -0.3 is 9.72 Å². The standard InChI is InChI=1S/C15H15BrN2O2/c1-2-11-13(16)15(19)18-14(17-11)10-7-9-5-3-4-6-12(9)20-8-10/h3-6,10H,2,7-8H2,1H3,(H,17,18,19). The minimum absolute atomic E-state index is 0.0935. The number of nitrogens with zero attached hydrogens (tertiary/aromatic N) is 1. The summed E-state index contributed by atoms with van der Waals surface area (Å²) in [4.78, 5) is 19.3. The van der Waals surface area contributed by atoms with E-state index < -0.39 is 0 Å². The minimum atomic E-state index is -0.120. The third kappa shape index (κ3) is 2.38. The number of ether oxygens (including phenoxy) is 1. The van der Waals surface area contributed by atoms with Gasteiger partial charge in [0.1, 0.15) is 16.0 Å². The van der Waals surface area contributed by atoms with Crippen molar-refractivity contribution < 1.29 is 4.74 Å². The normalized spacial score (nSPS) is 17.4. The zero-order valence-electron chi connectivity index (χ0n) is 11.1. The molecule has 2 heterocycles. The van der Waals surface area contributed by atoms with E-state index in [1.54, 1.807) is 0 Å². The van der Waals surface area contributed by atoms with E-state index in [0.29, 0.717) is 16.9 Å². The number of aromatic nitrogens is 2. The molecular formula is C15H15BrN2O2. The van der Waals surface area contributed by atoms with Gasteiger partial charge in [0.25, 0.3) is 5.56 Å². The highest BCUT2D eigenvalue weighted by atomic mass is 79.9. The molecule has 1 N–H and O–H groups in total. The van der Waals surface area contributed by atoms with Crippen molar-refractivity contribution in [2.24, 2.45) is 0 Å².